The molecule has 4 nitrogen and oxygen atoms in total. The molecule has 0 spiro atoms. The van der Waals surface area contributed by atoms with Gasteiger partial charge in [-0.25, -0.2) is 0 Å². The number of carbonyl (C=O) groups is 2. The van der Waals surface area contributed by atoms with Crippen molar-refractivity contribution >= 4 is 18.0 Å². The van der Waals surface area contributed by atoms with E-state index in [4.69, 9.17) is 9.47 Å². The van der Waals surface area contributed by atoms with E-state index in [1.165, 1.54) is 6.92 Å². The van der Waals surface area contributed by atoms with Gasteiger partial charge in [0.15, 0.2) is 0 Å². The Balaban J connectivity index is 2.53. The molecule has 1 aromatic rings. The molecular formula is C16H20O4. The maximum atomic E-state index is 11.4. The largest absolute Gasteiger partial charge is 0.466 e. The highest BCUT2D eigenvalue weighted by Crippen LogP contribution is 2.09. The van der Waals surface area contributed by atoms with Crippen molar-refractivity contribution in [3.05, 3.63) is 42.0 Å². The predicted molar refractivity (Wildman–Crippen MR) is 76.9 cm³/mol. The topological polar surface area (TPSA) is 52.6 Å². The van der Waals surface area contributed by atoms with Crippen molar-refractivity contribution in [2.75, 3.05) is 6.61 Å². The molecule has 0 saturated carbocycles. The van der Waals surface area contributed by atoms with E-state index in [2.05, 4.69) is 0 Å². The van der Waals surface area contributed by atoms with Gasteiger partial charge >= 0.3 is 11.9 Å². The van der Waals surface area contributed by atoms with Gasteiger partial charge in [0.05, 0.1) is 13.0 Å². The lowest BCUT2D eigenvalue weighted by Crippen LogP contribution is -2.21. The minimum atomic E-state index is -0.480. The molecule has 108 valence electrons. The van der Waals surface area contributed by atoms with Crippen LogP contribution in [0.5, 0.6) is 0 Å². The third-order valence-electron chi connectivity index (χ3n) is 2.54. The molecule has 1 atom stereocenters. The first-order valence-electron chi connectivity index (χ1n) is 6.66. The Labute approximate surface area is 119 Å². The van der Waals surface area contributed by atoms with E-state index in [-0.39, 0.29) is 12.4 Å². The Morgan fingerprint density at radius 2 is 1.95 bits per heavy atom. The molecule has 0 saturated heterocycles. The maximum absolute atomic E-state index is 11.4. The van der Waals surface area contributed by atoms with Crippen LogP contribution >= 0.6 is 0 Å². The lowest BCUT2D eigenvalue weighted by Gasteiger charge is -2.14. The monoisotopic (exact) mass is 276 g/mol. The van der Waals surface area contributed by atoms with Gasteiger partial charge in [-0.2, -0.15) is 0 Å². The summed E-state index contributed by atoms with van der Waals surface area (Å²) in [6, 6.07) is 9.79. The molecule has 0 N–H and O–H groups in total. The highest BCUT2D eigenvalue weighted by Gasteiger charge is 2.16. The zero-order chi connectivity index (χ0) is 14.8. The fourth-order valence-corrected chi connectivity index (χ4v) is 1.73. The highest BCUT2D eigenvalue weighted by molar-refractivity contribution is 5.71. The van der Waals surface area contributed by atoms with Gasteiger partial charge in [0.1, 0.15) is 6.10 Å². The van der Waals surface area contributed by atoms with Crippen molar-refractivity contribution in [1.82, 2.24) is 0 Å². The van der Waals surface area contributed by atoms with Crippen molar-refractivity contribution in [2.45, 2.75) is 32.8 Å². The molecule has 0 aliphatic heterocycles. The van der Waals surface area contributed by atoms with Crippen LogP contribution in [-0.4, -0.2) is 24.6 Å². The molecule has 0 fully saturated rings. The van der Waals surface area contributed by atoms with Crippen molar-refractivity contribution in [1.29, 1.82) is 0 Å². The molecule has 4 heteroatoms. The minimum absolute atomic E-state index is 0.0759. The molecule has 0 bridgehead atoms. The number of esters is 2. The third kappa shape index (κ3) is 6.73. The molecule has 1 rings (SSSR count). The molecular weight excluding hydrogens is 256 g/mol. The number of rotatable bonds is 7. The van der Waals surface area contributed by atoms with Crippen LogP contribution < -0.4 is 0 Å². The van der Waals surface area contributed by atoms with Gasteiger partial charge < -0.3 is 9.47 Å². The van der Waals surface area contributed by atoms with Gasteiger partial charge in [0.2, 0.25) is 0 Å². The molecule has 0 unspecified atom stereocenters. The first-order valence-corrected chi connectivity index (χ1v) is 6.66. The highest BCUT2D eigenvalue weighted by atomic mass is 16.6. The average Bonchev–Trinajstić information content (AvgIpc) is 2.39. The summed E-state index contributed by atoms with van der Waals surface area (Å²) < 4.78 is 9.98. The number of hydrogen-bond donors (Lipinski definition) is 0. The maximum Gasteiger partial charge on any atom is 0.309 e. The summed E-state index contributed by atoms with van der Waals surface area (Å²) >= 11 is 0. The summed E-state index contributed by atoms with van der Waals surface area (Å²) in [5.74, 6) is -0.751. The zero-order valence-corrected chi connectivity index (χ0v) is 11.9. The van der Waals surface area contributed by atoms with E-state index in [0.717, 1.165) is 5.56 Å². The zero-order valence-electron chi connectivity index (χ0n) is 11.9. The summed E-state index contributed by atoms with van der Waals surface area (Å²) in [6.07, 6.45) is 3.90. The quantitative estimate of drug-likeness (QED) is 0.718. The van der Waals surface area contributed by atoms with Crippen molar-refractivity contribution in [3.8, 4) is 0 Å². The van der Waals surface area contributed by atoms with Crippen LogP contribution in [0, 0.1) is 0 Å². The second kappa shape index (κ2) is 8.91. The lowest BCUT2D eigenvalue weighted by atomic mass is 10.1. The Bertz CT molecular complexity index is 451. The van der Waals surface area contributed by atoms with E-state index in [0.29, 0.717) is 13.0 Å². The smallest absolute Gasteiger partial charge is 0.309 e. The molecule has 0 heterocycles. The van der Waals surface area contributed by atoms with Gasteiger partial charge in [-0.05, 0) is 12.5 Å². The number of ether oxygens (including phenoxy) is 2. The summed E-state index contributed by atoms with van der Waals surface area (Å²) in [6.45, 7) is 3.40. The SMILES string of the molecule is CCOC(=O)C[C@@H](C/C=C/c1ccccc1)OC(C)=O. The van der Waals surface area contributed by atoms with Crippen molar-refractivity contribution < 1.29 is 19.1 Å². The van der Waals surface area contributed by atoms with Crippen LogP contribution in [0.25, 0.3) is 6.08 Å². The van der Waals surface area contributed by atoms with Crippen molar-refractivity contribution in [3.63, 3.8) is 0 Å². The molecule has 0 aliphatic carbocycles. The molecule has 0 amide bonds. The van der Waals surface area contributed by atoms with Crippen LogP contribution in [-0.2, 0) is 19.1 Å². The summed E-state index contributed by atoms with van der Waals surface area (Å²) in [4.78, 5) is 22.5. The van der Waals surface area contributed by atoms with Crippen molar-refractivity contribution in [2.24, 2.45) is 0 Å². The van der Waals surface area contributed by atoms with Gasteiger partial charge in [-0.15, -0.1) is 0 Å². The van der Waals surface area contributed by atoms with Crippen LogP contribution in [0.3, 0.4) is 0 Å². The molecule has 20 heavy (non-hydrogen) atoms. The van der Waals surface area contributed by atoms with Gasteiger partial charge in [0.25, 0.3) is 0 Å². The molecule has 0 aromatic heterocycles. The predicted octanol–water partition coefficient (Wildman–Crippen LogP) is 2.97. The van der Waals surface area contributed by atoms with E-state index < -0.39 is 12.1 Å². The molecule has 0 aliphatic rings. The van der Waals surface area contributed by atoms with Gasteiger partial charge in [-0.3, -0.25) is 9.59 Å². The minimum Gasteiger partial charge on any atom is -0.466 e. The van der Waals surface area contributed by atoms with E-state index in [1.807, 2.05) is 42.5 Å². The molecule has 0 radical (unpaired) electrons. The fourth-order valence-electron chi connectivity index (χ4n) is 1.73. The Kier molecular flexibility index (Phi) is 7.11. The Morgan fingerprint density at radius 1 is 1.25 bits per heavy atom. The number of benzene rings is 1. The van der Waals surface area contributed by atoms with Crippen LogP contribution in [0.2, 0.25) is 0 Å². The van der Waals surface area contributed by atoms with Crippen LogP contribution in [0.4, 0.5) is 0 Å². The van der Waals surface area contributed by atoms with Crippen LogP contribution in [0.15, 0.2) is 36.4 Å². The number of carbonyl (C=O) groups excluding carboxylic acids is 2. The van der Waals surface area contributed by atoms with Crippen LogP contribution in [0.1, 0.15) is 32.3 Å². The summed E-state index contributed by atoms with van der Waals surface area (Å²) in [5, 5.41) is 0. The first kappa shape index (κ1) is 16.0. The Morgan fingerprint density at radius 3 is 2.55 bits per heavy atom. The summed E-state index contributed by atoms with van der Waals surface area (Å²) in [5.41, 5.74) is 1.06. The Hall–Kier alpha value is -2.10. The number of hydrogen-bond acceptors (Lipinski definition) is 4. The van der Waals surface area contributed by atoms with Gasteiger partial charge in [-0.1, -0.05) is 42.5 Å². The fraction of sp³-hybridized carbons (Fsp3) is 0.375. The standard InChI is InChI=1S/C16H20O4/c1-3-19-16(18)12-15(20-13(2)17)11-7-10-14-8-5-4-6-9-14/h4-10,15H,3,11-12H2,1-2H3/b10-7+/t15-/m1/s1. The average molecular weight is 276 g/mol. The van der Waals surface area contributed by atoms with E-state index >= 15 is 0 Å². The second-order valence-corrected chi connectivity index (χ2v) is 4.29. The second-order valence-electron chi connectivity index (χ2n) is 4.29. The van der Waals surface area contributed by atoms with E-state index in [1.54, 1.807) is 6.92 Å². The van der Waals surface area contributed by atoms with E-state index in [9.17, 15) is 9.59 Å². The third-order valence-corrected chi connectivity index (χ3v) is 2.54. The first-order chi connectivity index (χ1) is 9.61. The lowest BCUT2D eigenvalue weighted by molar-refractivity contribution is -0.153. The van der Waals surface area contributed by atoms with Gasteiger partial charge in [0, 0.05) is 13.3 Å². The normalized spacial score (nSPS) is 12.1. The molecule has 1 aromatic carbocycles. The summed E-state index contributed by atoms with van der Waals surface area (Å²) in [7, 11) is 0.